The summed E-state index contributed by atoms with van der Waals surface area (Å²) in [5, 5.41) is 32.0. The molecule has 5 aliphatic carbocycles. The van der Waals surface area contributed by atoms with Crippen molar-refractivity contribution in [2.45, 2.75) is 112 Å². The number of hydrogen-bond acceptors (Lipinski definition) is 3. The van der Waals surface area contributed by atoms with Gasteiger partial charge in [-0.15, -0.1) is 0 Å². The zero-order chi connectivity index (χ0) is 24.2. The average molecular weight is 457 g/mol. The summed E-state index contributed by atoms with van der Waals surface area (Å²) in [6, 6.07) is 0. The van der Waals surface area contributed by atoms with Crippen molar-refractivity contribution in [1.29, 1.82) is 0 Å². The van der Waals surface area contributed by atoms with Crippen LogP contribution in [-0.2, 0) is 0 Å². The molecule has 0 aromatic carbocycles. The minimum absolute atomic E-state index is 0.0480. The fourth-order valence-electron chi connectivity index (χ4n) is 9.94. The summed E-state index contributed by atoms with van der Waals surface area (Å²) >= 11 is 0. The van der Waals surface area contributed by atoms with E-state index in [9.17, 15) is 15.3 Å². The highest BCUT2D eigenvalue weighted by molar-refractivity contribution is 5.45. The average Bonchev–Trinajstić information content (AvgIpc) is 2.73. The summed E-state index contributed by atoms with van der Waals surface area (Å²) in [5.41, 5.74) is 3.27. The van der Waals surface area contributed by atoms with Crippen molar-refractivity contribution in [3.8, 4) is 0 Å². The molecule has 3 N–H and O–H groups in total. The molecule has 0 aromatic heterocycles. The van der Waals surface area contributed by atoms with E-state index in [2.05, 4.69) is 60.6 Å². The number of allylic oxidation sites excluding steroid dienone is 4. The highest BCUT2D eigenvalue weighted by atomic mass is 16.3. The standard InChI is InChI=1S/C30H48O3/c1-25(2)21-10-13-30(7)22(28(21,5)12-11-23(25)32)9-8-19-20-16-27(4,18-31)24(33)17-26(20,3)14-15-29(19,30)6/h8-9,20-21,23-24,31-33H,10-18H2,1-7H3/t20-,21-,23-,24-,26-,27+,28-,29+,30+/m0/s1. The topological polar surface area (TPSA) is 60.7 Å². The molecule has 4 saturated carbocycles. The Balaban J connectivity index is 1.62. The van der Waals surface area contributed by atoms with E-state index in [1.807, 2.05) is 0 Å². The molecular weight excluding hydrogens is 408 g/mol. The molecule has 5 aliphatic rings. The highest BCUT2D eigenvalue weighted by Crippen LogP contribution is 2.74. The molecule has 0 amide bonds. The third-order valence-corrected chi connectivity index (χ3v) is 12.8. The first kappa shape index (κ1) is 24.1. The molecule has 186 valence electrons. The minimum atomic E-state index is -0.427. The third kappa shape index (κ3) is 2.85. The van der Waals surface area contributed by atoms with E-state index in [0.29, 0.717) is 11.8 Å². The Labute approximate surface area is 201 Å². The maximum absolute atomic E-state index is 11.0. The first-order valence-electron chi connectivity index (χ1n) is 13.6. The van der Waals surface area contributed by atoms with Gasteiger partial charge in [-0.2, -0.15) is 0 Å². The van der Waals surface area contributed by atoms with Crippen LogP contribution < -0.4 is 0 Å². The van der Waals surface area contributed by atoms with Crippen molar-refractivity contribution >= 4 is 0 Å². The van der Waals surface area contributed by atoms with E-state index in [4.69, 9.17) is 0 Å². The Kier molecular flexibility index (Phi) is 5.09. The molecule has 0 aromatic rings. The molecule has 0 spiro atoms. The molecule has 5 rings (SSSR count). The summed E-state index contributed by atoms with van der Waals surface area (Å²) in [6.07, 6.45) is 12.7. The first-order valence-corrected chi connectivity index (χ1v) is 13.6. The fourth-order valence-corrected chi connectivity index (χ4v) is 9.94. The van der Waals surface area contributed by atoms with Crippen LogP contribution >= 0.6 is 0 Å². The van der Waals surface area contributed by atoms with Crippen molar-refractivity contribution in [1.82, 2.24) is 0 Å². The van der Waals surface area contributed by atoms with Gasteiger partial charge in [0.15, 0.2) is 0 Å². The van der Waals surface area contributed by atoms with Crippen LogP contribution in [0, 0.1) is 44.3 Å². The van der Waals surface area contributed by atoms with E-state index in [1.165, 1.54) is 19.3 Å². The molecule has 33 heavy (non-hydrogen) atoms. The molecular formula is C30H48O3. The Morgan fingerprint density at radius 1 is 0.788 bits per heavy atom. The fraction of sp³-hybridized carbons (Fsp3) is 0.867. The number of aliphatic hydroxyl groups is 3. The van der Waals surface area contributed by atoms with E-state index >= 15 is 0 Å². The van der Waals surface area contributed by atoms with Crippen molar-refractivity contribution in [2.75, 3.05) is 6.61 Å². The van der Waals surface area contributed by atoms with Gasteiger partial charge in [-0.05, 0) is 90.3 Å². The summed E-state index contributed by atoms with van der Waals surface area (Å²) in [4.78, 5) is 0. The summed E-state index contributed by atoms with van der Waals surface area (Å²) in [6.45, 7) is 16.7. The molecule has 0 heterocycles. The van der Waals surface area contributed by atoms with Crippen LogP contribution in [0.1, 0.15) is 99.8 Å². The predicted molar refractivity (Wildman–Crippen MR) is 133 cm³/mol. The van der Waals surface area contributed by atoms with Crippen molar-refractivity contribution < 1.29 is 15.3 Å². The van der Waals surface area contributed by atoms with Gasteiger partial charge in [-0.1, -0.05) is 71.8 Å². The Morgan fingerprint density at radius 2 is 1.48 bits per heavy atom. The number of fused-ring (bicyclic) bond motifs is 7. The van der Waals surface area contributed by atoms with Gasteiger partial charge in [-0.25, -0.2) is 0 Å². The highest BCUT2D eigenvalue weighted by Gasteiger charge is 2.66. The molecule has 0 bridgehead atoms. The predicted octanol–water partition coefficient (Wildman–Crippen LogP) is 6.03. The van der Waals surface area contributed by atoms with Gasteiger partial charge >= 0.3 is 0 Å². The van der Waals surface area contributed by atoms with Crippen LogP contribution in [0.3, 0.4) is 0 Å². The van der Waals surface area contributed by atoms with Crippen LogP contribution in [0.2, 0.25) is 0 Å². The maximum Gasteiger partial charge on any atom is 0.0621 e. The minimum Gasteiger partial charge on any atom is -0.396 e. The van der Waals surface area contributed by atoms with Gasteiger partial charge in [0.05, 0.1) is 18.8 Å². The first-order chi connectivity index (χ1) is 15.2. The van der Waals surface area contributed by atoms with Crippen molar-refractivity contribution in [3.05, 3.63) is 23.3 Å². The van der Waals surface area contributed by atoms with Crippen LogP contribution in [0.25, 0.3) is 0 Å². The largest absolute Gasteiger partial charge is 0.396 e. The second-order valence-electron chi connectivity index (χ2n) is 14.7. The second-order valence-corrected chi connectivity index (χ2v) is 14.7. The van der Waals surface area contributed by atoms with Crippen LogP contribution in [0.4, 0.5) is 0 Å². The molecule has 0 aliphatic heterocycles. The molecule has 4 fully saturated rings. The van der Waals surface area contributed by atoms with Crippen molar-refractivity contribution in [2.24, 2.45) is 44.3 Å². The van der Waals surface area contributed by atoms with Gasteiger partial charge in [-0.3, -0.25) is 0 Å². The Bertz CT molecular complexity index is 902. The van der Waals surface area contributed by atoms with E-state index < -0.39 is 11.5 Å². The second kappa shape index (κ2) is 6.98. The SMILES string of the molecule is CC1(C)[C@@H](O)CC[C@]2(C)C3=CC=C4[C@@H]5C[C@](C)(CO)[C@@H](O)C[C@]5(C)CC[C@@]4(C)[C@]3(C)CC[C@@H]12. The normalized spacial score (nSPS) is 55.3. The maximum atomic E-state index is 11.0. The lowest BCUT2D eigenvalue weighted by Crippen LogP contribution is -2.61. The van der Waals surface area contributed by atoms with E-state index in [-0.39, 0.29) is 39.8 Å². The molecule has 3 heteroatoms. The zero-order valence-electron chi connectivity index (χ0n) is 22.2. The zero-order valence-corrected chi connectivity index (χ0v) is 22.2. The molecule has 3 nitrogen and oxygen atoms in total. The number of rotatable bonds is 1. The molecule has 0 unspecified atom stereocenters. The third-order valence-electron chi connectivity index (χ3n) is 12.8. The summed E-state index contributed by atoms with van der Waals surface area (Å²) < 4.78 is 0. The molecule has 9 atom stereocenters. The lowest BCUT2D eigenvalue weighted by atomic mass is 9.36. The van der Waals surface area contributed by atoms with E-state index in [1.54, 1.807) is 11.1 Å². The van der Waals surface area contributed by atoms with Crippen molar-refractivity contribution in [3.63, 3.8) is 0 Å². The number of hydrogen-bond donors (Lipinski definition) is 3. The molecule has 0 radical (unpaired) electrons. The lowest BCUT2D eigenvalue weighted by Gasteiger charge is -2.69. The van der Waals surface area contributed by atoms with Crippen LogP contribution in [0.5, 0.6) is 0 Å². The van der Waals surface area contributed by atoms with Crippen LogP contribution in [0.15, 0.2) is 23.3 Å². The van der Waals surface area contributed by atoms with Crippen LogP contribution in [-0.4, -0.2) is 34.1 Å². The summed E-state index contributed by atoms with van der Waals surface area (Å²) in [7, 11) is 0. The Hall–Kier alpha value is -0.640. The number of aliphatic hydroxyl groups excluding tert-OH is 3. The van der Waals surface area contributed by atoms with E-state index in [0.717, 1.165) is 32.1 Å². The Morgan fingerprint density at radius 3 is 2.15 bits per heavy atom. The monoisotopic (exact) mass is 456 g/mol. The van der Waals surface area contributed by atoms with Gasteiger partial charge in [0.1, 0.15) is 0 Å². The van der Waals surface area contributed by atoms with Gasteiger partial charge < -0.3 is 15.3 Å². The van der Waals surface area contributed by atoms with Gasteiger partial charge in [0, 0.05) is 5.41 Å². The lowest BCUT2D eigenvalue weighted by molar-refractivity contribution is -0.138. The van der Waals surface area contributed by atoms with Gasteiger partial charge in [0.25, 0.3) is 0 Å². The van der Waals surface area contributed by atoms with Gasteiger partial charge in [0.2, 0.25) is 0 Å². The smallest absolute Gasteiger partial charge is 0.0621 e. The summed E-state index contributed by atoms with van der Waals surface area (Å²) in [5.74, 6) is 0.935. The molecule has 0 saturated heterocycles. The quantitative estimate of drug-likeness (QED) is 0.451.